The molecule has 33 heavy (non-hydrogen) atoms. The van der Waals surface area contributed by atoms with Gasteiger partial charge in [0.2, 0.25) is 0 Å². The fourth-order valence-electron chi connectivity index (χ4n) is 4.74. The van der Waals surface area contributed by atoms with Crippen LogP contribution in [0.1, 0.15) is 49.6 Å². The first-order chi connectivity index (χ1) is 16.2. The molecule has 0 atom stereocenters. The summed E-state index contributed by atoms with van der Waals surface area (Å²) in [5, 5.41) is 3.48. The van der Waals surface area contributed by atoms with Crippen LogP contribution in [0.4, 0.5) is 4.39 Å². The molecule has 3 aromatic rings. The van der Waals surface area contributed by atoms with Gasteiger partial charge in [0.1, 0.15) is 11.6 Å². The fourth-order valence-corrected chi connectivity index (χ4v) is 4.74. The Labute approximate surface area is 197 Å². The number of nitrogens with zero attached hydrogens (tertiary/aromatic N) is 3. The van der Waals surface area contributed by atoms with Gasteiger partial charge in [0.15, 0.2) is 0 Å². The van der Waals surface area contributed by atoms with Gasteiger partial charge in [0, 0.05) is 30.8 Å². The minimum absolute atomic E-state index is 0.178. The molecule has 0 radical (unpaired) electrons. The zero-order valence-corrected chi connectivity index (χ0v) is 19.6. The maximum Gasteiger partial charge on any atom is 0.128 e. The smallest absolute Gasteiger partial charge is 0.128 e. The van der Waals surface area contributed by atoms with E-state index in [9.17, 15) is 4.39 Å². The maximum atomic E-state index is 13.4. The third-order valence-electron chi connectivity index (χ3n) is 6.40. The first-order valence-electron chi connectivity index (χ1n) is 12.3. The van der Waals surface area contributed by atoms with Crippen molar-refractivity contribution in [2.45, 2.75) is 58.0 Å². The second-order valence-electron chi connectivity index (χ2n) is 8.99. The van der Waals surface area contributed by atoms with Crippen molar-refractivity contribution in [3.63, 3.8) is 0 Å². The summed E-state index contributed by atoms with van der Waals surface area (Å²) in [6.07, 6.45) is 7.98. The van der Waals surface area contributed by atoms with Crippen molar-refractivity contribution >= 4 is 0 Å². The lowest BCUT2D eigenvalue weighted by atomic mass is 10.0. The number of benzene rings is 2. The van der Waals surface area contributed by atoms with Crippen molar-refractivity contribution in [2.24, 2.45) is 0 Å². The normalized spacial score (nSPS) is 14.6. The summed E-state index contributed by atoms with van der Waals surface area (Å²) >= 11 is 0. The van der Waals surface area contributed by atoms with Crippen LogP contribution in [0.25, 0.3) is 11.3 Å². The maximum absolute atomic E-state index is 13.4. The molecule has 174 valence electrons. The van der Waals surface area contributed by atoms with Gasteiger partial charge in [0.25, 0.3) is 0 Å². The summed E-state index contributed by atoms with van der Waals surface area (Å²) in [7, 11) is 0. The van der Waals surface area contributed by atoms with Gasteiger partial charge < -0.3 is 5.32 Å². The summed E-state index contributed by atoms with van der Waals surface area (Å²) in [4.78, 5) is 12.0. The first-order valence-corrected chi connectivity index (χ1v) is 12.3. The molecule has 4 nitrogen and oxygen atoms in total. The zero-order valence-electron chi connectivity index (χ0n) is 19.6. The predicted octanol–water partition coefficient (Wildman–Crippen LogP) is 5.42. The Morgan fingerprint density at radius 3 is 2.64 bits per heavy atom. The van der Waals surface area contributed by atoms with Crippen molar-refractivity contribution in [1.82, 2.24) is 20.2 Å². The van der Waals surface area contributed by atoms with Crippen LogP contribution < -0.4 is 5.32 Å². The second kappa shape index (κ2) is 12.0. The molecule has 0 spiro atoms. The molecule has 0 amide bonds. The average Bonchev–Trinajstić information content (AvgIpc) is 2.85. The zero-order chi connectivity index (χ0) is 22.9. The molecule has 5 heteroatoms. The van der Waals surface area contributed by atoms with E-state index in [1.54, 1.807) is 12.1 Å². The van der Waals surface area contributed by atoms with Gasteiger partial charge in [-0.1, -0.05) is 37.3 Å². The molecule has 1 aliphatic heterocycles. The Morgan fingerprint density at radius 2 is 1.82 bits per heavy atom. The van der Waals surface area contributed by atoms with Gasteiger partial charge in [-0.25, -0.2) is 14.4 Å². The number of nitrogens with one attached hydrogen (secondary N) is 1. The van der Waals surface area contributed by atoms with E-state index in [1.165, 1.54) is 30.9 Å². The molecule has 0 bridgehead atoms. The van der Waals surface area contributed by atoms with Crippen molar-refractivity contribution in [1.29, 1.82) is 0 Å². The molecule has 0 unspecified atom stereocenters. The van der Waals surface area contributed by atoms with Crippen LogP contribution in [0.2, 0.25) is 0 Å². The molecule has 2 aromatic carbocycles. The van der Waals surface area contributed by atoms with Crippen LogP contribution in [0.3, 0.4) is 0 Å². The summed E-state index contributed by atoms with van der Waals surface area (Å²) in [5.74, 6) is 0.667. The molecule has 1 N–H and O–H groups in total. The molecule has 1 aliphatic rings. The standard InChI is InChI=1S/C28H35FN4/c1-2-18-33(26-12-15-30-16-13-26)21-23-8-3-9-24(19-23)27-14-17-31-28(32-27)11-5-7-22-6-4-10-25(29)20-22/h3-4,6,8-10,14,17,19-20,26,30H,2,5,7,11-13,15-16,18,21H2,1H3. The summed E-state index contributed by atoms with van der Waals surface area (Å²) in [5.41, 5.74) is 4.47. The van der Waals surface area contributed by atoms with Gasteiger partial charge >= 0.3 is 0 Å². The first kappa shape index (κ1) is 23.5. The lowest BCUT2D eigenvalue weighted by molar-refractivity contribution is 0.154. The summed E-state index contributed by atoms with van der Waals surface area (Å²) in [6.45, 7) is 6.62. The largest absolute Gasteiger partial charge is 0.317 e. The van der Waals surface area contributed by atoms with E-state index in [0.29, 0.717) is 6.04 Å². The second-order valence-corrected chi connectivity index (χ2v) is 8.99. The van der Waals surface area contributed by atoms with Crippen LogP contribution in [-0.4, -0.2) is 40.5 Å². The van der Waals surface area contributed by atoms with E-state index in [2.05, 4.69) is 46.4 Å². The van der Waals surface area contributed by atoms with E-state index in [-0.39, 0.29) is 5.82 Å². The molecule has 1 saturated heterocycles. The Morgan fingerprint density at radius 1 is 1.00 bits per heavy atom. The molecule has 0 saturated carbocycles. The Bertz CT molecular complexity index is 1020. The van der Waals surface area contributed by atoms with Crippen molar-refractivity contribution in [2.75, 3.05) is 19.6 Å². The number of hydrogen-bond acceptors (Lipinski definition) is 4. The third kappa shape index (κ3) is 6.92. The number of aromatic nitrogens is 2. The van der Waals surface area contributed by atoms with Crippen LogP contribution in [0.15, 0.2) is 60.8 Å². The molecule has 4 rings (SSSR count). The Kier molecular flexibility index (Phi) is 8.56. The predicted molar refractivity (Wildman–Crippen MR) is 132 cm³/mol. The highest BCUT2D eigenvalue weighted by Gasteiger charge is 2.20. The van der Waals surface area contributed by atoms with Gasteiger partial charge in [-0.3, -0.25) is 4.90 Å². The molecule has 0 aliphatic carbocycles. The number of rotatable bonds is 10. The molecule has 2 heterocycles. The van der Waals surface area contributed by atoms with Crippen molar-refractivity contribution in [3.05, 3.63) is 83.6 Å². The van der Waals surface area contributed by atoms with E-state index < -0.39 is 0 Å². The molecular formula is C28H35FN4. The number of hydrogen-bond donors (Lipinski definition) is 1. The van der Waals surface area contributed by atoms with Gasteiger partial charge in [-0.15, -0.1) is 0 Å². The highest BCUT2D eigenvalue weighted by Crippen LogP contribution is 2.22. The van der Waals surface area contributed by atoms with Crippen molar-refractivity contribution < 1.29 is 4.39 Å². The lowest BCUT2D eigenvalue weighted by Crippen LogP contribution is -2.43. The highest BCUT2D eigenvalue weighted by molar-refractivity contribution is 5.59. The topological polar surface area (TPSA) is 41.1 Å². The molecular weight excluding hydrogens is 411 g/mol. The van der Waals surface area contributed by atoms with Gasteiger partial charge in [0.05, 0.1) is 5.69 Å². The quantitative estimate of drug-likeness (QED) is 0.451. The minimum Gasteiger partial charge on any atom is -0.317 e. The summed E-state index contributed by atoms with van der Waals surface area (Å²) in [6, 6.07) is 18.3. The van der Waals surface area contributed by atoms with Crippen molar-refractivity contribution in [3.8, 4) is 11.3 Å². The van der Waals surface area contributed by atoms with Crippen LogP contribution >= 0.6 is 0 Å². The van der Waals surface area contributed by atoms with Crippen LogP contribution in [0.5, 0.6) is 0 Å². The monoisotopic (exact) mass is 446 g/mol. The number of halogens is 1. The lowest BCUT2D eigenvalue weighted by Gasteiger charge is -2.34. The minimum atomic E-state index is -0.178. The van der Waals surface area contributed by atoms with Gasteiger partial charge in [-0.2, -0.15) is 0 Å². The summed E-state index contributed by atoms with van der Waals surface area (Å²) < 4.78 is 13.4. The van der Waals surface area contributed by atoms with Crippen LogP contribution in [-0.2, 0) is 19.4 Å². The van der Waals surface area contributed by atoms with Crippen LogP contribution in [0, 0.1) is 5.82 Å². The number of piperidine rings is 1. The van der Waals surface area contributed by atoms with E-state index in [0.717, 1.165) is 68.1 Å². The number of aryl methyl sites for hydroxylation is 2. The SMILES string of the molecule is CCCN(Cc1cccc(-c2ccnc(CCCc3cccc(F)c3)n2)c1)C1CCNCC1. The Balaban J connectivity index is 1.41. The van der Waals surface area contributed by atoms with Gasteiger partial charge in [-0.05, 0) is 87.1 Å². The molecule has 1 fully saturated rings. The van der Waals surface area contributed by atoms with E-state index in [1.807, 2.05) is 18.3 Å². The average molecular weight is 447 g/mol. The third-order valence-corrected chi connectivity index (χ3v) is 6.40. The fraction of sp³-hybridized carbons (Fsp3) is 0.429. The Hall–Kier alpha value is -2.63. The molecule has 1 aromatic heterocycles. The van der Waals surface area contributed by atoms with E-state index >= 15 is 0 Å². The highest BCUT2D eigenvalue weighted by atomic mass is 19.1. The van der Waals surface area contributed by atoms with E-state index in [4.69, 9.17) is 4.98 Å².